The topological polar surface area (TPSA) is 43.8 Å². The number of hydrogen-bond donors (Lipinski definition) is 1. The van der Waals surface area contributed by atoms with Crippen molar-refractivity contribution in [1.82, 2.24) is 9.55 Å². The van der Waals surface area contributed by atoms with Crippen LogP contribution in [0, 0.1) is 5.82 Å². The van der Waals surface area contributed by atoms with Gasteiger partial charge in [-0.15, -0.1) is 0 Å². The molecule has 1 heterocycles. The van der Waals surface area contributed by atoms with E-state index in [2.05, 4.69) is 4.98 Å². The number of fused-ring (bicyclic) bond motifs is 1. The van der Waals surface area contributed by atoms with Crippen LogP contribution in [0.3, 0.4) is 0 Å². The van der Waals surface area contributed by atoms with E-state index >= 15 is 0 Å². The Bertz CT molecular complexity index is 809. The molecule has 0 aliphatic heterocycles. The molecule has 3 aromatic rings. The highest BCUT2D eigenvalue weighted by Crippen LogP contribution is 2.31. The largest absolute Gasteiger partial charge is 0.369 e. The van der Waals surface area contributed by atoms with E-state index in [1.807, 2.05) is 0 Å². The second-order valence-corrected chi connectivity index (χ2v) is 5.44. The van der Waals surface area contributed by atoms with Crippen molar-refractivity contribution in [2.45, 2.75) is 0 Å². The molecule has 0 spiro atoms. The molecule has 102 valence electrons. The van der Waals surface area contributed by atoms with Crippen LogP contribution >= 0.6 is 34.8 Å². The molecule has 0 amide bonds. The minimum absolute atomic E-state index is 0.194. The first-order chi connectivity index (χ1) is 9.45. The Kier molecular flexibility index (Phi) is 3.24. The summed E-state index contributed by atoms with van der Waals surface area (Å²) in [7, 11) is 0. The van der Waals surface area contributed by atoms with Gasteiger partial charge in [0.05, 0.1) is 26.8 Å². The number of aromatic nitrogens is 2. The van der Waals surface area contributed by atoms with Gasteiger partial charge in [0.15, 0.2) is 0 Å². The fourth-order valence-corrected chi connectivity index (χ4v) is 2.56. The molecule has 0 bridgehead atoms. The first-order valence-electron chi connectivity index (χ1n) is 5.55. The van der Waals surface area contributed by atoms with Gasteiger partial charge in [0.25, 0.3) is 0 Å². The number of nitrogen functional groups attached to an aromatic ring is 1. The summed E-state index contributed by atoms with van der Waals surface area (Å²) in [5, 5.41) is 1.00. The molecule has 20 heavy (non-hydrogen) atoms. The van der Waals surface area contributed by atoms with Gasteiger partial charge in [-0.1, -0.05) is 34.8 Å². The zero-order valence-corrected chi connectivity index (χ0v) is 12.1. The Morgan fingerprint density at radius 2 is 1.70 bits per heavy atom. The van der Waals surface area contributed by atoms with Crippen molar-refractivity contribution in [3.8, 4) is 5.69 Å². The van der Waals surface area contributed by atoms with E-state index in [0.717, 1.165) is 0 Å². The van der Waals surface area contributed by atoms with Crippen LogP contribution in [0.4, 0.5) is 10.3 Å². The average Bonchev–Trinajstić information content (AvgIpc) is 2.64. The summed E-state index contributed by atoms with van der Waals surface area (Å²) in [6, 6.07) is 7.34. The van der Waals surface area contributed by atoms with Crippen LogP contribution in [-0.2, 0) is 0 Å². The Morgan fingerprint density at radius 3 is 2.40 bits per heavy atom. The van der Waals surface area contributed by atoms with Gasteiger partial charge >= 0.3 is 0 Å². The number of halogens is 4. The predicted octanol–water partition coefficient (Wildman–Crippen LogP) is 4.71. The highest BCUT2D eigenvalue weighted by molar-refractivity contribution is 6.42. The lowest BCUT2D eigenvalue weighted by molar-refractivity contribution is 0.627. The van der Waals surface area contributed by atoms with Gasteiger partial charge in [0.2, 0.25) is 5.95 Å². The van der Waals surface area contributed by atoms with E-state index in [9.17, 15) is 4.39 Å². The maximum Gasteiger partial charge on any atom is 0.205 e. The summed E-state index contributed by atoms with van der Waals surface area (Å²) in [6.45, 7) is 0. The molecular weight excluding hydrogens is 324 g/mol. The van der Waals surface area contributed by atoms with Crippen LogP contribution in [0.5, 0.6) is 0 Å². The van der Waals surface area contributed by atoms with Crippen LogP contribution in [0.15, 0.2) is 30.3 Å². The summed E-state index contributed by atoms with van der Waals surface area (Å²) in [6.07, 6.45) is 0. The Balaban J connectivity index is 2.35. The van der Waals surface area contributed by atoms with Crippen molar-refractivity contribution in [2.24, 2.45) is 0 Å². The van der Waals surface area contributed by atoms with Crippen LogP contribution in [0.2, 0.25) is 15.1 Å². The number of nitrogens with zero attached hydrogens (tertiary/aromatic N) is 2. The van der Waals surface area contributed by atoms with Gasteiger partial charge in [0, 0.05) is 5.02 Å². The third kappa shape index (κ3) is 2.20. The first-order valence-corrected chi connectivity index (χ1v) is 6.68. The predicted molar refractivity (Wildman–Crippen MR) is 80.5 cm³/mol. The van der Waals surface area contributed by atoms with Gasteiger partial charge in [0.1, 0.15) is 5.82 Å². The third-order valence-electron chi connectivity index (χ3n) is 2.83. The van der Waals surface area contributed by atoms with Crippen LogP contribution in [0.25, 0.3) is 16.7 Å². The third-order valence-corrected chi connectivity index (χ3v) is 3.77. The standard InChI is InChI=1S/C13H7Cl3FN3/c14-6-1-7(17)3-8(2-6)20-12-5-10(16)9(15)4-11(12)19-13(20)18/h1-5H,(H2,18,19). The Labute approximate surface area is 128 Å². The molecule has 0 aliphatic rings. The quantitative estimate of drug-likeness (QED) is 0.702. The van der Waals surface area contributed by atoms with E-state index in [0.29, 0.717) is 26.8 Å². The molecule has 3 nitrogen and oxygen atoms in total. The number of anilines is 1. The molecule has 0 fully saturated rings. The van der Waals surface area contributed by atoms with Crippen molar-refractivity contribution in [1.29, 1.82) is 0 Å². The number of rotatable bonds is 1. The van der Waals surface area contributed by atoms with E-state index in [1.54, 1.807) is 22.8 Å². The summed E-state index contributed by atoms with van der Waals surface area (Å²) < 4.78 is 15.1. The molecule has 0 radical (unpaired) electrons. The van der Waals surface area contributed by atoms with Gasteiger partial charge < -0.3 is 5.73 Å². The zero-order valence-electron chi connectivity index (χ0n) is 9.87. The van der Waals surface area contributed by atoms with Gasteiger partial charge in [-0.05, 0) is 30.3 Å². The molecule has 0 unspecified atom stereocenters. The average molecular weight is 331 g/mol. The lowest BCUT2D eigenvalue weighted by atomic mass is 10.2. The van der Waals surface area contributed by atoms with E-state index in [-0.39, 0.29) is 11.0 Å². The lowest BCUT2D eigenvalue weighted by Crippen LogP contribution is -2.01. The van der Waals surface area contributed by atoms with E-state index in [1.165, 1.54) is 12.1 Å². The van der Waals surface area contributed by atoms with Gasteiger partial charge in [-0.2, -0.15) is 0 Å². The maximum atomic E-state index is 13.5. The fraction of sp³-hybridized carbons (Fsp3) is 0. The highest BCUT2D eigenvalue weighted by Gasteiger charge is 2.13. The SMILES string of the molecule is Nc1nc2cc(Cl)c(Cl)cc2n1-c1cc(F)cc(Cl)c1. The van der Waals surface area contributed by atoms with Gasteiger partial charge in [-0.25, -0.2) is 9.37 Å². The van der Waals surface area contributed by atoms with Crippen LogP contribution in [0.1, 0.15) is 0 Å². The molecule has 0 atom stereocenters. The molecule has 3 rings (SSSR count). The monoisotopic (exact) mass is 329 g/mol. The molecule has 0 aliphatic carbocycles. The van der Waals surface area contributed by atoms with Crippen molar-refractivity contribution in [3.63, 3.8) is 0 Å². The molecule has 1 aromatic heterocycles. The summed E-state index contributed by atoms with van der Waals surface area (Å²) >= 11 is 17.8. The summed E-state index contributed by atoms with van der Waals surface area (Å²) in [5.41, 5.74) is 7.54. The molecule has 2 N–H and O–H groups in total. The fourth-order valence-electron chi connectivity index (χ4n) is 2.03. The van der Waals surface area contributed by atoms with Crippen LogP contribution in [-0.4, -0.2) is 9.55 Å². The normalized spacial score (nSPS) is 11.2. The number of imidazole rings is 1. The van der Waals surface area contributed by atoms with Crippen molar-refractivity contribution < 1.29 is 4.39 Å². The maximum absolute atomic E-state index is 13.5. The first kappa shape index (κ1) is 13.5. The number of benzene rings is 2. The minimum atomic E-state index is -0.464. The lowest BCUT2D eigenvalue weighted by Gasteiger charge is -2.07. The smallest absolute Gasteiger partial charge is 0.205 e. The van der Waals surface area contributed by atoms with Gasteiger partial charge in [-0.3, -0.25) is 4.57 Å². The molecule has 0 saturated heterocycles. The molecule has 0 saturated carbocycles. The van der Waals surface area contributed by atoms with Crippen molar-refractivity contribution >= 4 is 51.8 Å². The summed E-state index contributed by atoms with van der Waals surface area (Å²) in [5.74, 6) is -0.270. The Morgan fingerprint density at radius 1 is 1.00 bits per heavy atom. The van der Waals surface area contributed by atoms with Crippen LogP contribution < -0.4 is 5.73 Å². The van der Waals surface area contributed by atoms with Crippen molar-refractivity contribution in [2.75, 3.05) is 5.73 Å². The van der Waals surface area contributed by atoms with E-state index < -0.39 is 5.82 Å². The molecule has 7 heteroatoms. The number of nitrogens with two attached hydrogens (primary N) is 1. The Hall–Kier alpha value is -1.49. The highest BCUT2D eigenvalue weighted by atomic mass is 35.5. The molecular formula is C13H7Cl3FN3. The second kappa shape index (κ2) is 4.81. The summed E-state index contributed by atoms with van der Waals surface area (Å²) in [4.78, 5) is 4.18. The molecule has 2 aromatic carbocycles. The number of hydrogen-bond acceptors (Lipinski definition) is 2. The minimum Gasteiger partial charge on any atom is -0.369 e. The zero-order chi connectivity index (χ0) is 14.4. The van der Waals surface area contributed by atoms with Crippen molar-refractivity contribution in [3.05, 3.63) is 51.2 Å². The second-order valence-electron chi connectivity index (χ2n) is 4.19. The van der Waals surface area contributed by atoms with E-state index in [4.69, 9.17) is 40.5 Å².